The summed E-state index contributed by atoms with van der Waals surface area (Å²) in [6, 6.07) is 0. The van der Waals surface area contributed by atoms with E-state index in [4.69, 9.17) is 8.85 Å². The Morgan fingerprint density at radius 2 is 1.46 bits per heavy atom. The van der Waals surface area contributed by atoms with Crippen LogP contribution in [0.25, 0.3) is 0 Å². The predicted molar refractivity (Wildman–Crippen MR) is 126 cm³/mol. The summed E-state index contributed by atoms with van der Waals surface area (Å²) in [7, 11) is -2.66. The van der Waals surface area contributed by atoms with Crippen LogP contribution in [0, 0.1) is 17.8 Å². The zero-order chi connectivity index (χ0) is 21.5. The molecule has 2 aliphatic heterocycles. The van der Waals surface area contributed by atoms with Crippen LogP contribution in [0.3, 0.4) is 0 Å². The minimum absolute atomic E-state index is 0.0600. The maximum atomic E-state index is 12.7. The number of hydrogen-bond donors (Lipinski definition) is 0. The number of thioether (sulfide) groups is 2. The van der Waals surface area contributed by atoms with Crippen molar-refractivity contribution in [3.63, 3.8) is 0 Å². The van der Waals surface area contributed by atoms with Crippen molar-refractivity contribution in [2.75, 3.05) is 11.5 Å². The highest BCUT2D eigenvalue weighted by Gasteiger charge is 2.64. The Morgan fingerprint density at radius 1 is 1.00 bits per heavy atom. The average Bonchev–Trinajstić information content (AvgIpc) is 3.12. The summed E-state index contributed by atoms with van der Waals surface area (Å²) >= 11 is 4.14. The molecule has 28 heavy (non-hydrogen) atoms. The van der Waals surface area contributed by atoms with E-state index in [9.17, 15) is 4.79 Å². The molecule has 0 amide bonds. The van der Waals surface area contributed by atoms with Crippen molar-refractivity contribution in [3.8, 4) is 0 Å². The third-order valence-corrected chi connectivity index (χ3v) is 15.2. The first-order valence-electron chi connectivity index (χ1n) is 10.9. The molecule has 0 N–H and O–H groups in total. The van der Waals surface area contributed by atoms with Gasteiger partial charge in [-0.3, -0.25) is 4.79 Å². The summed E-state index contributed by atoms with van der Waals surface area (Å²) in [6.07, 6.45) is 0.650. The van der Waals surface area contributed by atoms with Gasteiger partial charge in [0.1, 0.15) is 5.78 Å². The van der Waals surface area contributed by atoms with Crippen molar-refractivity contribution < 1.29 is 13.6 Å². The van der Waals surface area contributed by atoms with Gasteiger partial charge in [-0.15, -0.1) is 23.5 Å². The molecule has 0 aromatic carbocycles. The second kappa shape index (κ2) is 8.94. The second-order valence-corrected chi connectivity index (χ2v) is 18.2. The van der Waals surface area contributed by atoms with Gasteiger partial charge >= 0.3 is 8.56 Å². The second-order valence-electron chi connectivity index (χ2n) is 10.7. The van der Waals surface area contributed by atoms with Gasteiger partial charge in [-0.2, -0.15) is 0 Å². The van der Waals surface area contributed by atoms with Crippen LogP contribution in [0.5, 0.6) is 0 Å². The lowest BCUT2D eigenvalue weighted by atomic mass is 9.82. The maximum Gasteiger partial charge on any atom is 0.349 e. The van der Waals surface area contributed by atoms with E-state index in [1.54, 1.807) is 0 Å². The van der Waals surface area contributed by atoms with Crippen molar-refractivity contribution in [1.82, 2.24) is 0 Å². The van der Waals surface area contributed by atoms with Gasteiger partial charge in [-0.25, -0.2) is 0 Å². The van der Waals surface area contributed by atoms with Crippen molar-refractivity contribution in [2.45, 2.75) is 103 Å². The third kappa shape index (κ3) is 4.56. The molecular weight excluding hydrogens is 404 g/mol. The topological polar surface area (TPSA) is 35.5 Å². The third-order valence-electron chi connectivity index (χ3n) is 6.56. The van der Waals surface area contributed by atoms with Gasteiger partial charge in [0.25, 0.3) is 0 Å². The van der Waals surface area contributed by atoms with Gasteiger partial charge in [0, 0.05) is 45.8 Å². The van der Waals surface area contributed by atoms with E-state index in [0.29, 0.717) is 22.7 Å². The molecule has 5 atom stereocenters. The van der Waals surface area contributed by atoms with E-state index < -0.39 is 8.56 Å². The molecule has 0 saturated carbocycles. The van der Waals surface area contributed by atoms with Crippen molar-refractivity contribution in [2.24, 2.45) is 17.8 Å². The Kier molecular flexibility index (Phi) is 7.91. The zero-order valence-electron chi connectivity index (χ0n) is 19.6. The predicted octanol–water partition coefficient (Wildman–Crippen LogP) is 6.51. The Balaban J connectivity index is 2.51. The van der Waals surface area contributed by atoms with Crippen LogP contribution in [0.1, 0.15) is 75.7 Å². The fraction of sp³-hybridized carbons (Fsp3) is 0.955. The Hall–Kier alpha value is 0.507. The van der Waals surface area contributed by atoms with Gasteiger partial charge in [0.05, 0.1) is 16.8 Å². The quantitative estimate of drug-likeness (QED) is 0.450. The van der Waals surface area contributed by atoms with Gasteiger partial charge in [-0.05, 0) is 0 Å². The molecule has 0 spiro atoms. The number of hydrogen-bond acceptors (Lipinski definition) is 5. The summed E-state index contributed by atoms with van der Waals surface area (Å²) < 4.78 is 14.8. The Morgan fingerprint density at radius 3 is 1.89 bits per heavy atom. The van der Waals surface area contributed by atoms with Crippen molar-refractivity contribution >= 4 is 37.9 Å². The average molecular weight is 447 g/mol. The standard InChI is InChI=1S/C22H42O3S2Si/c1-11-17(23)14(2)18-15(3)19(16(4)20-26-12-13-27-20)25-28(24-18,21(5,6)7)22(8,9)10/h14-16,18-20H,11-13H2,1-10H3/t14-,15+,16+,18+,19+/m1/s1. The van der Waals surface area contributed by atoms with Crippen LogP contribution in [0.2, 0.25) is 10.1 Å². The maximum absolute atomic E-state index is 12.7. The molecule has 2 aliphatic rings. The first-order chi connectivity index (χ1) is 12.8. The van der Waals surface area contributed by atoms with Crippen LogP contribution in [-0.4, -0.2) is 42.6 Å². The van der Waals surface area contributed by atoms with Crippen LogP contribution in [0.15, 0.2) is 0 Å². The molecule has 0 aromatic heterocycles. The molecule has 2 fully saturated rings. The number of ketones is 1. The fourth-order valence-electron chi connectivity index (χ4n) is 5.13. The van der Waals surface area contributed by atoms with E-state index in [2.05, 4.69) is 85.8 Å². The molecule has 2 saturated heterocycles. The molecule has 2 heterocycles. The van der Waals surface area contributed by atoms with Crippen LogP contribution >= 0.6 is 23.5 Å². The number of Topliss-reactive ketones (excluding diaryl/α,β-unsaturated/α-hetero) is 1. The molecule has 0 unspecified atom stereocenters. The van der Waals surface area contributed by atoms with Crippen LogP contribution in [0.4, 0.5) is 0 Å². The molecule has 3 nitrogen and oxygen atoms in total. The fourth-order valence-corrected chi connectivity index (χ4v) is 13.6. The minimum atomic E-state index is -2.66. The molecular formula is C22H42O3S2Si. The SMILES string of the molecule is CCC(=O)[C@@H](C)[C@@H]1O[Si](C(C)(C)C)(C(C)(C)C)O[C@H]([C@H](C)C2SCCS2)[C@H]1C. The van der Waals surface area contributed by atoms with Crippen molar-refractivity contribution in [3.05, 3.63) is 0 Å². The number of carbonyl (C=O) groups is 1. The highest BCUT2D eigenvalue weighted by molar-refractivity contribution is 8.20. The molecule has 164 valence electrons. The van der Waals surface area contributed by atoms with Gasteiger partial charge < -0.3 is 8.85 Å². The highest BCUT2D eigenvalue weighted by Crippen LogP contribution is 2.58. The summed E-state index contributed by atoms with van der Waals surface area (Å²) in [6.45, 7) is 22.3. The first-order valence-corrected chi connectivity index (χ1v) is 14.8. The van der Waals surface area contributed by atoms with Gasteiger partial charge in [0.15, 0.2) is 0 Å². The van der Waals surface area contributed by atoms with E-state index in [1.165, 1.54) is 11.5 Å². The molecule has 0 aliphatic carbocycles. The normalized spacial score (nSPS) is 31.6. The molecule has 0 radical (unpaired) electrons. The van der Waals surface area contributed by atoms with E-state index in [1.807, 2.05) is 6.92 Å². The summed E-state index contributed by atoms with van der Waals surface area (Å²) in [4.78, 5) is 12.7. The summed E-state index contributed by atoms with van der Waals surface area (Å²) in [5, 5.41) is -0.154. The molecule has 0 aromatic rings. The number of carbonyl (C=O) groups excluding carboxylic acids is 1. The minimum Gasteiger partial charge on any atom is -0.390 e. The lowest BCUT2D eigenvalue weighted by Crippen LogP contribution is -2.68. The smallest absolute Gasteiger partial charge is 0.349 e. The molecule has 2 rings (SSSR count). The van der Waals surface area contributed by atoms with Crippen molar-refractivity contribution in [1.29, 1.82) is 0 Å². The van der Waals surface area contributed by atoms with Gasteiger partial charge in [-0.1, -0.05) is 69.2 Å². The lowest BCUT2D eigenvalue weighted by Gasteiger charge is -2.59. The largest absolute Gasteiger partial charge is 0.390 e. The molecule has 6 heteroatoms. The first kappa shape index (κ1) is 24.8. The van der Waals surface area contributed by atoms with Crippen LogP contribution in [-0.2, 0) is 13.6 Å². The highest BCUT2D eigenvalue weighted by atomic mass is 32.2. The van der Waals surface area contributed by atoms with Crippen LogP contribution < -0.4 is 0 Å². The number of rotatable bonds is 5. The lowest BCUT2D eigenvalue weighted by molar-refractivity contribution is -0.136. The Bertz CT molecular complexity index is 535. The zero-order valence-corrected chi connectivity index (χ0v) is 22.3. The summed E-state index contributed by atoms with van der Waals surface area (Å²) in [5.41, 5.74) is 0. The molecule has 0 bridgehead atoms. The monoisotopic (exact) mass is 446 g/mol. The van der Waals surface area contributed by atoms with E-state index >= 15 is 0 Å². The van der Waals surface area contributed by atoms with E-state index in [-0.39, 0.29) is 34.1 Å². The Labute approximate surface area is 183 Å². The van der Waals surface area contributed by atoms with Gasteiger partial charge in [0.2, 0.25) is 0 Å². The van der Waals surface area contributed by atoms with E-state index in [0.717, 1.165) is 0 Å². The summed E-state index contributed by atoms with van der Waals surface area (Å²) in [5.74, 6) is 3.34.